The number of nitro groups is 1. The van der Waals surface area contributed by atoms with Gasteiger partial charge in [-0.15, -0.1) is 0 Å². The van der Waals surface area contributed by atoms with Gasteiger partial charge in [-0.1, -0.05) is 12.2 Å². The molecule has 2 amide bonds. The normalized spacial score (nSPS) is 24.7. The van der Waals surface area contributed by atoms with Crippen LogP contribution >= 0.6 is 0 Å². The number of methoxy groups -OCH3 is 2. The molecular weight excluding hydrogens is 444 g/mol. The Kier molecular flexibility index (Phi) is 5.23. The van der Waals surface area contributed by atoms with Gasteiger partial charge in [-0.2, -0.15) is 10.1 Å². The summed E-state index contributed by atoms with van der Waals surface area (Å²) in [4.78, 5) is 39.8. The van der Waals surface area contributed by atoms with E-state index >= 15 is 0 Å². The fourth-order valence-electron chi connectivity index (χ4n) is 4.85. The van der Waals surface area contributed by atoms with Crippen molar-refractivity contribution < 1.29 is 28.7 Å². The van der Waals surface area contributed by atoms with E-state index in [4.69, 9.17) is 14.2 Å². The molecular formula is C23H20N4O7. The lowest BCUT2D eigenvalue weighted by atomic mass is 9.85. The SMILES string of the molecule is COc1cc(C=NN2C(=O)C3C4C=CC(C4)C3C2=O)cc(OC)c1Oc1ccc([N+](=O)[O-])cn1. The molecule has 11 heteroatoms. The van der Waals surface area contributed by atoms with Crippen LogP contribution in [0.1, 0.15) is 12.0 Å². The number of rotatable bonds is 7. The number of hydrazone groups is 1. The second-order valence-electron chi connectivity index (χ2n) is 8.20. The number of aromatic nitrogens is 1. The van der Waals surface area contributed by atoms with Crippen molar-refractivity contribution in [3.63, 3.8) is 0 Å². The van der Waals surface area contributed by atoms with Crippen LogP contribution in [0.5, 0.6) is 23.1 Å². The van der Waals surface area contributed by atoms with Gasteiger partial charge in [0.25, 0.3) is 17.5 Å². The Balaban J connectivity index is 1.39. The van der Waals surface area contributed by atoms with Gasteiger partial charge in [0.05, 0.1) is 37.2 Å². The van der Waals surface area contributed by atoms with Crippen molar-refractivity contribution in [1.82, 2.24) is 9.99 Å². The van der Waals surface area contributed by atoms with Crippen LogP contribution < -0.4 is 14.2 Å². The van der Waals surface area contributed by atoms with Crippen LogP contribution in [-0.2, 0) is 9.59 Å². The Morgan fingerprint density at radius 3 is 2.21 bits per heavy atom. The summed E-state index contributed by atoms with van der Waals surface area (Å²) in [7, 11) is 2.87. The summed E-state index contributed by atoms with van der Waals surface area (Å²) in [5.74, 6) is -0.119. The van der Waals surface area contributed by atoms with E-state index in [1.54, 1.807) is 12.1 Å². The highest BCUT2D eigenvalue weighted by atomic mass is 16.6. The van der Waals surface area contributed by atoms with Gasteiger partial charge in [-0.3, -0.25) is 19.7 Å². The minimum absolute atomic E-state index is 0.103. The lowest BCUT2D eigenvalue weighted by Gasteiger charge is -2.15. The Morgan fingerprint density at radius 2 is 1.71 bits per heavy atom. The molecule has 0 spiro atoms. The summed E-state index contributed by atoms with van der Waals surface area (Å²) >= 11 is 0. The standard InChI is InChI=1S/C23H20N4O7/c1-32-16-7-12(8-17(33-2)21(16)34-18-6-5-15(11-24-18)27(30)31)10-25-26-22(28)19-13-3-4-14(9-13)20(19)23(26)29/h3-8,10-11,13-14,19-20H,9H2,1-2H3. The Morgan fingerprint density at radius 1 is 1.09 bits per heavy atom. The molecule has 11 nitrogen and oxygen atoms in total. The van der Waals surface area contributed by atoms with Crippen molar-refractivity contribution in [2.75, 3.05) is 14.2 Å². The van der Waals surface area contributed by atoms with Gasteiger partial charge in [-0.05, 0) is 30.4 Å². The maximum Gasteiger partial charge on any atom is 0.287 e. The topological polar surface area (TPSA) is 133 Å². The minimum Gasteiger partial charge on any atom is -0.493 e. The molecule has 4 unspecified atom stereocenters. The molecule has 2 fully saturated rings. The molecule has 2 bridgehead atoms. The van der Waals surface area contributed by atoms with E-state index in [9.17, 15) is 19.7 Å². The van der Waals surface area contributed by atoms with Crippen LogP contribution in [0.25, 0.3) is 0 Å². The van der Waals surface area contributed by atoms with Crippen molar-refractivity contribution in [2.45, 2.75) is 6.42 Å². The first-order chi connectivity index (χ1) is 16.4. The highest BCUT2D eigenvalue weighted by molar-refractivity contribution is 6.06. The Hall–Kier alpha value is -4.28. The highest BCUT2D eigenvalue weighted by Gasteiger charge is 2.59. The van der Waals surface area contributed by atoms with Gasteiger partial charge in [0.15, 0.2) is 11.5 Å². The average molecular weight is 464 g/mol. The lowest BCUT2D eigenvalue weighted by Crippen LogP contribution is -2.28. The summed E-state index contributed by atoms with van der Waals surface area (Å²) in [5, 5.41) is 16.0. The largest absolute Gasteiger partial charge is 0.493 e. The monoisotopic (exact) mass is 464 g/mol. The minimum atomic E-state index is -0.559. The number of nitrogens with zero attached hydrogens (tertiary/aromatic N) is 4. The van der Waals surface area contributed by atoms with E-state index in [2.05, 4.69) is 10.1 Å². The molecule has 1 aromatic carbocycles. The number of imide groups is 1. The molecule has 1 saturated heterocycles. The van der Waals surface area contributed by atoms with Gasteiger partial charge in [0, 0.05) is 17.7 Å². The summed E-state index contributed by atoms with van der Waals surface area (Å²) in [6, 6.07) is 5.83. The predicted octanol–water partition coefficient (Wildman–Crippen LogP) is 2.94. The smallest absolute Gasteiger partial charge is 0.287 e. The molecule has 174 valence electrons. The molecule has 2 heterocycles. The summed E-state index contributed by atoms with van der Waals surface area (Å²) < 4.78 is 16.6. The van der Waals surface area contributed by atoms with Gasteiger partial charge in [-0.25, -0.2) is 4.98 Å². The van der Waals surface area contributed by atoms with E-state index in [1.807, 2.05) is 12.2 Å². The second kappa shape index (κ2) is 8.25. The van der Waals surface area contributed by atoms with Crippen LogP contribution in [0.3, 0.4) is 0 Å². The maximum atomic E-state index is 12.8. The zero-order valence-corrected chi connectivity index (χ0v) is 18.3. The number of carbonyl (C=O) groups excluding carboxylic acids is 2. The zero-order chi connectivity index (χ0) is 24.0. The van der Waals surface area contributed by atoms with Crippen LogP contribution in [-0.4, -0.2) is 47.2 Å². The molecule has 0 N–H and O–H groups in total. The summed E-state index contributed by atoms with van der Waals surface area (Å²) in [6.07, 6.45) is 7.38. The molecule has 5 rings (SSSR count). The van der Waals surface area contributed by atoms with Gasteiger partial charge < -0.3 is 14.2 Å². The number of pyridine rings is 1. The van der Waals surface area contributed by atoms with Gasteiger partial charge >= 0.3 is 0 Å². The van der Waals surface area contributed by atoms with Crippen molar-refractivity contribution >= 4 is 23.7 Å². The first kappa shape index (κ1) is 21.6. The second-order valence-corrected chi connectivity index (χ2v) is 8.20. The number of amides is 2. The van der Waals surface area contributed by atoms with Gasteiger partial charge in [0.2, 0.25) is 11.6 Å². The predicted molar refractivity (Wildman–Crippen MR) is 118 cm³/mol. The summed E-state index contributed by atoms with van der Waals surface area (Å²) in [5.41, 5.74) is 0.341. The van der Waals surface area contributed by atoms with Crippen molar-refractivity contribution in [3.8, 4) is 23.1 Å². The number of benzene rings is 1. The first-order valence-electron chi connectivity index (χ1n) is 10.6. The third-order valence-corrected chi connectivity index (χ3v) is 6.39. The molecule has 1 saturated carbocycles. The number of hydrogen-bond donors (Lipinski definition) is 0. The van der Waals surface area contributed by atoms with Gasteiger partial charge in [0.1, 0.15) is 6.20 Å². The Labute approximate surface area is 193 Å². The number of hydrogen-bond acceptors (Lipinski definition) is 9. The van der Waals surface area contributed by atoms with Crippen molar-refractivity contribution in [1.29, 1.82) is 0 Å². The third-order valence-electron chi connectivity index (χ3n) is 6.39. The number of ether oxygens (including phenoxy) is 3. The van der Waals surface area contributed by atoms with Crippen molar-refractivity contribution in [3.05, 3.63) is 58.3 Å². The van der Waals surface area contributed by atoms with E-state index < -0.39 is 4.92 Å². The number of fused-ring (bicyclic) bond motifs is 5. The zero-order valence-electron chi connectivity index (χ0n) is 18.3. The van der Waals surface area contributed by atoms with Crippen LogP contribution in [0.15, 0.2) is 47.7 Å². The maximum absolute atomic E-state index is 12.8. The fraction of sp³-hybridized carbons (Fsp3) is 0.304. The first-order valence-corrected chi connectivity index (χ1v) is 10.6. The molecule has 3 aliphatic rings. The quantitative estimate of drug-likeness (QED) is 0.201. The molecule has 2 aliphatic carbocycles. The summed E-state index contributed by atoms with van der Waals surface area (Å²) in [6.45, 7) is 0. The van der Waals surface area contributed by atoms with E-state index in [-0.39, 0.29) is 64.3 Å². The molecule has 34 heavy (non-hydrogen) atoms. The average Bonchev–Trinajstić information content (AvgIpc) is 3.52. The van der Waals surface area contributed by atoms with E-state index in [0.29, 0.717) is 5.56 Å². The molecule has 2 aromatic rings. The van der Waals surface area contributed by atoms with Crippen LogP contribution in [0, 0.1) is 33.8 Å². The molecule has 1 aliphatic heterocycles. The highest BCUT2D eigenvalue weighted by Crippen LogP contribution is 2.52. The fourth-order valence-corrected chi connectivity index (χ4v) is 4.85. The van der Waals surface area contributed by atoms with E-state index in [0.717, 1.165) is 17.6 Å². The van der Waals surface area contributed by atoms with Crippen molar-refractivity contribution in [2.24, 2.45) is 28.8 Å². The molecule has 0 radical (unpaired) electrons. The Bertz CT molecular complexity index is 1190. The van der Waals surface area contributed by atoms with Crippen LogP contribution in [0.2, 0.25) is 0 Å². The van der Waals surface area contributed by atoms with E-state index in [1.165, 1.54) is 32.6 Å². The number of carbonyl (C=O) groups is 2. The third kappa shape index (κ3) is 3.45. The molecule has 1 aromatic heterocycles. The molecule has 4 atom stereocenters. The number of allylic oxidation sites excluding steroid dienone is 2. The van der Waals surface area contributed by atoms with Crippen LogP contribution in [0.4, 0.5) is 5.69 Å². The lowest BCUT2D eigenvalue weighted by molar-refractivity contribution is -0.385.